The molecule has 0 amide bonds. The van der Waals surface area contributed by atoms with Crippen LogP contribution in [0, 0.1) is 13.8 Å². The fourth-order valence-corrected chi connectivity index (χ4v) is 8.01. The van der Waals surface area contributed by atoms with Crippen molar-refractivity contribution in [2.45, 2.75) is 119 Å². The van der Waals surface area contributed by atoms with Gasteiger partial charge < -0.3 is 4.74 Å². The molecule has 0 N–H and O–H groups in total. The predicted molar refractivity (Wildman–Crippen MR) is 232 cm³/mol. The van der Waals surface area contributed by atoms with Gasteiger partial charge in [-0.15, -0.1) is 0 Å². The van der Waals surface area contributed by atoms with Gasteiger partial charge in [0.25, 0.3) is 0 Å². The molecular formula is C50H58N4O. The summed E-state index contributed by atoms with van der Waals surface area (Å²) in [6, 6.07) is 30.8. The first kappa shape index (κ1) is 38.1. The molecule has 0 radical (unpaired) electrons. The van der Waals surface area contributed by atoms with Crippen LogP contribution in [-0.2, 0) is 5.41 Å². The maximum Gasteiger partial charge on any atom is 0.137 e. The minimum absolute atomic E-state index is 0.112. The number of pyridine rings is 1. The van der Waals surface area contributed by atoms with Crippen molar-refractivity contribution < 1.29 is 4.74 Å². The van der Waals surface area contributed by atoms with E-state index < -0.39 is 0 Å². The highest BCUT2D eigenvalue weighted by Gasteiger charge is 2.26. The van der Waals surface area contributed by atoms with Gasteiger partial charge >= 0.3 is 0 Å². The Hall–Kier alpha value is -5.16. The topological polar surface area (TPSA) is 44.9 Å². The lowest BCUT2D eigenvalue weighted by molar-refractivity contribution is 0.478. The first-order valence-electron chi connectivity index (χ1n) is 20.1. The summed E-state index contributed by atoms with van der Waals surface area (Å²) in [6.07, 6.45) is 1.92. The quantitative estimate of drug-likeness (QED) is 0.149. The van der Waals surface area contributed by atoms with Crippen molar-refractivity contribution >= 4 is 21.8 Å². The Morgan fingerprint density at radius 2 is 1.25 bits per heavy atom. The van der Waals surface area contributed by atoms with Gasteiger partial charge in [-0.05, 0) is 119 Å². The van der Waals surface area contributed by atoms with Gasteiger partial charge in [0.2, 0.25) is 0 Å². The first-order valence-corrected chi connectivity index (χ1v) is 20.1. The van der Waals surface area contributed by atoms with Crippen LogP contribution in [0.4, 0.5) is 0 Å². The average Bonchev–Trinajstić information content (AvgIpc) is 3.62. The van der Waals surface area contributed by atoms with Gasteiger partial charge in [0, 0.05) is 40.4 Å². The van der Waals surface area contributed by atoms with Crippen LogP contribution in [0.15, 0.2) is 91.1 Å². The van der Waals surface area contributed by atoms with E-state index in [9.17, 15) is 0 Å². The first-order chi connectivity index (χ1) is 26.0. The molecule has 0 aliphatic heterocycles. The number of hydrogen-bond acceptors (Lipinski definition) is 3. The molecule has 0 unspecified atom stereocenters. The standard InChI is InChI=1S/C50H58N4O/c1-29(2)35-20-21-51-47(24-35)53-45-17-15-14-16-41(45)42-19-18-39(28-46(42)53)55-40-26-37(50(11,12)13)25-38(27-40)54-34(10)48(33(9)52-54)49-43(31(5)6)22-36(30(3)4)23-44(49)32(7)8/h14-32H,1-13H3. The number of benzene rings is 4. The maximum atomic E-state index is 6.86. The molecule has 0 aliphatic rings. The third-order valence-corrected chi connectivity index (χ3v) is 11.2. The van der Waals surface area contributed by atoms with Crippen molar-refractivity contribution in [3.05, 3.63) is 130 Å². The number of hydrogen-bond donors (Lipinski definition) is 0. The van der Waals surface area contributed by atoms with E-state index in [0.717, 1.165) is 45.4 Å². The van der Waals surface area contributed by atoms with E-state index in [1.807, 2.05) is 6.20 Å². The summed E-state index contributed by atoms with van der Waals surface area (Å²) < 4.78 is 11.3. The molecule has 0 saturated carbocycles. The number of aryl methyl sites for hydroxylation is 1. The highest BCUT2D eigenvalue weighted by molar-refractivity contribution is 6.09. The normalized spacial score (nSPS) is 12.4. The Morgan fingerprint density at radius 3 is 1.89 bits per heavy atom. The lowest BCUT2D eigenvalue weighted by Crippen LogP contribution is -2.12. The number of aromatic nitrogens is 4. The highest BCUT2D eigenvalue weighted by Crippen LogP contribution is 2.43. The zero-order valence-corrected chi connectivity index (χ0v) is 35.2. The molecule has 3 heterocycles. The molecule has 284 valence electrons. The van der Waals surface area contributed by atoms with E-state index in [-0.39, 0.29) is 5.41 Å². The van der Waals surface area contributed by atoms with Crippen molar-refractivity contribution in [3.63, 3.8) is 0 Å². The van der Waals surface area contributed by atoms with Gasteiger partial charge in [0.05, 0.1) is 22.4 Å². The molecular weight excluding hydrogens is 673 g/mol. The maximum absolute atomic E-state index is 6.86. The van der Waals surface area contributed by atoms with Crippen molar-refractivity contribution in [1.82, 2.24) is 19.3 Å². The molecule has 0 spiro atoms. The van der Waals surface area contributed by atoms with E-state index >= 15 is 0 Å². The van der Waals surface area contributed by atoms with Gasteiger partial charge in [-0.1, -0.05) is 106 Å². The molecule has 0 saturated heterocycles. The van der Waals surface area contributed by atoms with Crippen LogP contribution in [0.25, 0.3) is 44.4 Å². The van der Waals surface area contributed by atoms with Gasteiger partial charge in [-0.25, -0.2) is 9.67 Å². The fourth-order valence-electron chi connectivity index (χ4n) is 8.01. The second kappa shape index (κ2) is 14.5. The minimum Gasteiger partial charge on any atom is -0.457 e. The smallest absolute Gasteiger partial charge is 0.137 e. The number of nitrogens with zero attached hydrogens (tertiary/aromatic N) is 4. The second-order valence-corrected chi connectivity index (χ2v) is 17.7. The van der Waals surface area contributed by atoms with E-state index in [1.165, 1.54) is 49.7 Å². The molecule has 0 bridgehead atoms. The van der Waals surface area contributed by atoms with E-state index in [2.05, 4.69) is 184 Å². The molecule has 55 heavy (non-hydrogen) atoms. The Balaban J connectivity index is 1.37. The van der Waals surface area contributed by atoms with Crippen molar-refractivity contribution in [3.8, 4) is 34.1 Å². The summed E-state index contributed by atoms with van der Waals surface area (Å²) in [4.78, 5) is 4.86. The van der Waals surface area contributed by atoms with Crippen molar-refractivity contribution in [1.29, 1.82) is 0 Å². The zero-order chi connectivity index (χ0) is 39.5. The summed E-state index contributed by atoms with van der Waals surface area (Å²) >= 11 is 0. The second-order valence-electron chi connectivity index (χ2n) is 17.7. The summed E-state index contributed by atoms with van der Waals surface area (Å²) in [7, 11) is 0. The summed E-state index contributed by atoms with van der Waals surface area (Å²) in [5, 5.41) is 7.63. The van der Waals surface area contributed by atoms with Crippen LogP contribution in [0.3, 0.4) is 0 Å². The van der Waals surface area contributed by atoms with E-state index in [4.69, 9.17) is 14.8 Å². The number of rotatable bonds is 9. The van der Waals surface area contributed by atoms with E-state index in [0.29, 0.717) is 23.7 Å². The molecule has 5 nitrogen and oxygen atoms in total. The van der Waals surface area contributed by atoms with Crippen LogP contribution < -0.4 is 4.74 Å². The molecule has 4 aromatic carbocycles. The Morgan fingerprint density at radius 1 is 0.600 bits per heavy atom. The third-order valence-electron chi connectivity index (χ3n) is 11.2. The molecule has 3 aromatic heterocycles. The van der Waals surface area contributed by atoms with E-state index in [1.54, 1.807) is 0 Å². The average molecular weight is 731 g/mol. The Kier molecular flexibility index (Phi) is 10.0. The van der Waals surface area contributed by atoms with Crippen molar-refractivity contribution in [2.75, 3.05) is 0 Å². The Bertz CT molecular complexity index is 2510. The molecule has 7 rings (SSSR count). The van der Waals surface area contributed by atoms with Crippen LogP contribution in [0.1, 0.15) is 139 Å². The number of ether oxygens (including phenoxy) is 1. The van der Waals surface area contributed by atoms with Gasteiger partial charge in [-0.2, -0.15) is 5.10 Å². The van der Waals surface area contributed by atoms with Crippen LogP contribution >= 0.6 is 0 Å². The molecule has 0 atom stereocenters. The zero-order valence-electron chi connectivity index (χ0n) is 35.2. The number of para-hydroxylation sites is 1. The van der Waals surface area contributed by atoms with Gasteiger partial charge in [0.15, 0.2) is 0 Å². The fraction of sp³-hybridized carbons (Fsp3) is 0.360. The van der Waals surface area contributed by atoms with Crippen LogP contribution in [0.5, 0.6) is 11.5 Å². The van der Waals surface area contributed by atoms with Crippen LogP contribution in [-0.4, -0.2) is 19.3 Å². The monoisotopic (exact) mass is 730 g/mol. The van der Waals surface area contributed by atoms with Crippen LogP contribution in [0.2, 0.25) is 0 Å². The number of fused-ring (bicyclic) bond motifs is 3. The summed E-state index contributed by atoms with van der Waals surface area (Å²) in [6.45, 7) is 29.4. The Labute approximate surface area is 328 Å². The molecule has 0 aliphatic carbocycles. The lowest BCUT2D eigenvalue weighted by Gasteiger charge is -2.24. The van der Waals surface area contributed by atoms with Gasteiger partial charge in [0.1, 0.15) is 17.3 Å². The van der Waals surface area contributed by atoms with Gasteiger partial charge in [-0.3, -0.25) is 4.57 Å². The SMILES string of the molecule is Cc1nn(-c2cc(Oc3ccc4c5ccccc5n(-c5cc(C(C)C)ccn5)c4c3)cc(C(C)(C)C)c2)c(C)c1-c1c(C(C)C)cc(C(C)C)cc1C(C)C. The molecule has 7 aromatic rings. The minimum atomic E-state index is -0.112. The van der Waals surface area contributed by atoms with Crippen molar-refractivity contribution in [2.24, 2.45) is 0 Å². The largest absolute Gasteiger partial charge is 0.457 e. The predicted octanol–water partition coefficient (Wildman–Crippen LogP) is 14.2. The third kappa shape index (κ3) is 7.10. The lowest BCUT2D eigenvalue weighted by atomic mass is 9.81. The summed E-state index contributed by atoms with van der Waals surface area (Å²) in [5.41, 5.74) is 14.5. The molecule has 5 heteroatoms. The highest BCUT2D eigenvalue weighted by atomic mass is 16.5. The molecule has 0 fully saturated rings. The summed E-state index contributed by atoms with van der Waals surface area (Å²) in [5.74, 6) is 4.08.